The number of urea groups is 1. The van der Waals surface area contributed by atoms with Gasteiger partial charge in [0.25, 0.3) is 0 Å². The molecule has 0 aliphatic heterocycles. The summed E-state index contributed by atoms with van der Waals surface area (Å²) in [5, 5.41) is 14.8. The molecular weight excluding hydrogens is 280 g/mol. The van der Waals surface area contributed by atoms with E-state index in [2.05, 4.69) is 10.6 Å². The zero-order chi connectivity index (χ0) is 15.9. The van der Waals surface area contributed by atoms with Gasteiger partial charge >= 0.3 is 6.03 Å². The summed E-state index contributed by atoms with van der Waals surface area (Å²) >= 11 is 0. The number of aliphatic hydroxyl groups is 1. The topological polar surface area (TPSA) is 78.4 Å². The molecule has 114 valence electrons. The van der Waals surface area contributed by atoms with Crippen LogP contribution in [0.1, 0.15) is 28.9 Å². The van der Waals surface area contributed by atoms with Gasteiger partial charge in [0.1, 0.15) is 0 Å². The van der Waals surface area contributed by atoms with Gasteiger partial charge in [-0.1, -0.05) is 42.5 Å². The van der Waals surface area contributed by atoms with Crippen molar-refractivity contribution in [3.8, 4) is 0 Å². The third-order valence-electron chi connectivity index (χ3n) is 3.22. The Morgan fingerprint density at radius 1 is 1.09 bits per heavy atom. The number of carbonyl (C=O) groups is 2. The van der Waals surface area contributed by atoms with E-state index in [4.69, 9.17) is 0 Å². The highest BCUT2D eigenvalue weighted by Crippen LogP contribution is 2.14. The number of carbonyl (C=O) groups excluding carboxylic acids is 2. The zero-order valence-corrected chi connectivity index (χ0v) is 12.2. The predicted octanol–water partition coefficient (Wildman–Crippen LogP) is 2.74. The monoisotopic (exact) mass is 298 g/mol. The Hall–Kier alpha value is -2.66. The maximum Gasteiger partial charge on any atom is 0.319 e. The largest absolute Gasteiger partial charge is 0.394 e. The normalized spacial score (nSPS) is 11.5. The maximum atomic E-state index is 12.0. The fraction of sp³-hybridized carbons (Fsp3) is 0.176. The summed E-state index contributed by atoms with van der Waals surface area (Å²) in [6.07, 6.45) is 0. The van der Waals surface area contributed by atoms with E-state index < -0.39 is 12.1 Å². The van der Waals surface area contributed by atoms with Crippen molar-refractivity contribution in [1.29, 1.82) is 0 Å². The Labute approximate surface area is 129 Å². The van der Waals surface area contributed by atoms with Crippen molar-refractivity contribution in [2.75, 3.05) is 11.9 Å². The lowest BCUT2D eigenvalue weighted by Gasteiger charge is -2.17. The number of rotatable bonds is 5. The van der Waals surface area contributed by atoms with E-state index in [0.29, 0.717) is 11.3 Å². The highest BCUT2D eigenvalue weighted by molar-refractivity contribution is 5.96. The van der Waals surface area contributed by atoms with Crippen LogP contribution < -0.4 is 10.6 Å². The van der Waals surface area contributed by atoms with E-state index in [1.165, 1.54) is 6.92 Å². The second-order valence-corrected chi connectivity index (χ2v) is 4.88. The molecule has 0 radical (unpaired) electrons. The molecule has 0 fully saturated rings. The number of amides is 2. The van der Waals surface area contributed by atoms with Gasteiger partial charge in [0.2, 0.25) is 0 Å². The fourth-order valence-electron chi connectivity index (χ4n) is 2.06. The highest BCUT2D eigenvalue weighted by atomic mass is 16.3. The summed E-state index contributed by atoms with van der Waals surface area (Å²) in [4.78, 5) is 23.3. The van der Waals surface area contributed by atoms with Crippen molar-refractivity contribution in [3.63, 3.8) is 0 Å². The van der Waals surface area contributed by atoms with Gasteiger partial charge in [-0.15, -0.1) is 0 Å². The first-order valence-electron chi connectivity index (χ1n) is 6.94. The van der Waals surface area contributed by atoms with Gasteiger partial charge in [-0.2, -0.15) is 0 Å². The molecule has 2 rings (SSSR count). The Bertz CT molecular complexity index is 656. The van der Waals surface area contributed by atoms with Crippen LogP contribution in [0.4, 0.5) is 10.5 Å². The number of aliphatic hydroxyl groups excluding tert-OH is 1. The van der Waals surface area contributed by atoms with Gasteiger partial charge in [0.15, 0.2) is 5.78 Å². The van der Waals surface area contributed by atoms with Crippen LogP contribution in [0.2, 0.25) is 0 Å². The molecule has 0 saturated carbocycles. The summed E-state index contributed by atoms with van der Waals surface area (Å²) in [7, 11) is 0. The third kappa shape index (κ3) is 4.17. The minimum absolute atomic E-state index is 0.0680. The average molecular weight is 298 g/mol. The van der Waals surface area contributed by atoms with E-state index in [1.807, 2.05) is 30.3 Å². The highest BCUT2D eigenvalue weighted by Gasteiger charge is 2.13. The van der Waals surface area contributed by atoms with Gasteiger partial charge in [-0.3, -0.25) is 4.79 Å². The molecule has 22 heavy (non-hydrogen) atoms. The molecule has 0 aliphatic rings. The molecule has 1 atom stereocenters. The van der Waals surface area contributed by atoms with Crippen LogP contribution in [-0.4, -0.2) is 23.5 Å². The van der Waals surface area contributed by atoms with Crippen molar-refractivity contribution >= 4 is 17.5 Å². The van der Waals surface area contributed by atoms with Crippen LogP contribution in [-0.2, 0) is 0 Å². The second kappa shape index (κ2) is 7.38. The standard InChI is InChI=1S/C17H18N2O3/c1-12(21)14-8-5-9-15(10-14)18-17(22)19-16(11-20)13-6-3-2-4-7-13/h2-10,16,20H,11H2,1H3,(H2,18,19,22)/t16-/m1/s1. The van der Waals surface area contributed by atoms with Gasteiger partial charge in [-0.25, -0.2) is 4.79 Å². The van der Waals surface area contributed by atoms with Crippen LogP contribution >= 0.6 is 0 Å². The third-order valence-corrected chi connectivity index (χ3v) is 3.22. The molecule has 2 aromatic rings. The molecular formula is C17H18N2O3. The Kier molecular flexibility index (Phi) is 5.27. The fourth-order valence-corrected chi connectivity index (χ4v) is 2.06. The lowest BCUT2D eigenvalue weighted by atomic mass is 10.1. The van der Waals surface area contributed by atoms with Gasteiger partial charge < -0.3 is 15.7 Å². The number of hydrogen-bond donors (Lipinski definition) is 3. The molecule has 0 spiro atoms. The molecule has 0 heterocycles. The Morgan fingerprint density at radius 2 is 1.82 bits per heavy atom. The Morgan fingerprint density at radius 3 is 2.45 bits per heavy atom. The summed E-state index contributed by atoms with van der Waals surface area (Å²) in [6.45, 7) is 1.27. The molecule has 3 N–H and O–H groups in total. The molecule has 2 aromatic carbocycles. The van der Waals surface area contributed by atoms with Crippen molar-refractivity contribution in [1.82, 2.24) is 5.32 Å². The van der Waals surface area contributed by atoms with E-state index in [1.54, 1.807) is 24.3 Å². The molecule has 0 bridgehead atoms. The maximum absolute atomic E-state index is 12.0. The first kappa shape index (κ1) is 15.7. The quantitative estimate of drug-likeness (QED) is 0.743. The van der Waals surface area contributed by atoms with Crippen LogP contribution in [0.5, 0.6) is 0 Å². The summed E-state index contributed by atoms with van der Waals surface area (Å²) < 4.78 is 0. The van der Waals surface area contributed by atoms with E-state index in [0.717, 1.165) is 5.56 Å². The zero-order valence-electron chi connectivity index (χ0n) is 12.2. The lowest BCUT2D eigenvalue weighted by Crippen LogP contribution is -2.34. The smallest absolute Gasteiger partial charge is 0.319 e. The summed E-state index contributed by atoms with van der Waals surface area (Å²) in [5.74, 6) is -0.0680. The molecule has 0 aliphatic carbocycles. The Balaban J connectivity index is 2.03. The van der Waals surface area contributed by atoms with Crippen molar-refractivity contribution < 1.29 is 14.7 Å². The van der Waals surface area contributed by atoms with Crippen LogP contribution in [0, 0.1) is 0 Å². The predicted molar refractivity (Wildman–Crippen MR) is 84.9 cm³/mol. The number of benzene rings is 2. The molecule has 0 saturated heterocycles. The summed E-state index contributed by atoms with van der Waals surface area (Å²) in [5.41, 5.74) is 1.87. The first-order chi connectivity index (χ1) is 10.6. The lowest BCUT2D eigenvalue weighted by molar-refractivity contribution is 0.101. The molecule has 5 nitrogen and oxygen atoms in total. The SMILES string of the molecule is CC(=O)c1cccc(NC(=O)N[C@H](CO)c2ccccc2)c1. The number of Topliss-reactive ketones (excluding diaryl/α,β-unsaturated/α-hetero) is 1. The molecule has 0 aromatic heterocycles. The number of nitrogens with one attached hydrogen (secondary N) is 2. The van der Waals surface area contributed by atoms with Crippen LogP contribution in [0.3, 0.4) is 0 Å². The summed E-state index contributed by atoms with van der Waals surface area (Å²) in [6, 6.07) is 15.0. The van der Waals surface area contributed by atoms with E-state index in [-0.39, 0.29) is 12.4 Å². The number of ketones is 1. The average Bonchev–Trinajstić information content (AvgIpc) is 2.53. The van der Waals surface area contributed by atoms with E-state index in [9.17, 15) is 14.7 Å². The van der Waals surface area contributed by atoms with Gasteiger partial charge in [-0.05, 0) is 24.6 Å². The van der Waals surface area contributed by atoms with Crippen LogP contribution in [0.15, 0.2) is 54.6 Å². The molecule has 0 unspecified atom stereocenters. The number of anilines is 1. The van der Waals surface area contributed by atoms with Crippen LogP contribution in [0.25, 0.3) is 0 Å². The van der Waals surface area contributed by atoms with Crippen molar-refractivity contribution in [3.05, 3.63) is 65.7 Å². The van der Waals surface area contributed by atoms with Gasteiger partial charge in [0, 0.05) is 11.3 Å². The van der Waals surface area contributed by atoms with Crippen molar-refractivity contribution in [2.24, 2.45) is 0 Å². The minimum Gasteiger partial charge on any atom is -0.394 e. The van der Waals surface area contributed by atoms with E-state index >= 15 is 0 Å². The molecule has 2 amide bonds. The van der Waals surface area contributed by atoms with Crippen molar-refractivity contribution in [2.45, 2.75) is 13.0 Å². The minimum atomic E-state index is -0.489. The first-order valence-corrected chi connectivity index (χ1v) is 6.94. The number of hydrogen-bond acceptors (Lipinski definition) is 3. The second-order valence-electron chi connectivity index (χ2n) is 4.88. The van der Waals surface area contributed by atoms with Gasteiger partial charge in [0.05, 0.1) is 12.6 Å². The molecule has 5 heteroatoms.